The van der Waals surface area contributed by atoms with Crippen molar-refractivity contribution in [1.29, 1.82) is 5.26 Å². The van der Waals surface area contributed by atoms with Crippen LogP contribution in [0.15, 0.2) is 84.4 Å². The number of pyridine rings is 1. The topological polar surface area (TPSA) is 100 Å². The van der Waals surface area contributed by atoms with E-state index in [1.54, 1.807) is 42.5 Å². The van der Waals surface area contributed by atoms with E-state index in [9.17, 15) is 18.5 Å². The predicted octanol–water partition coefficient (Wildman–Crippen LogP) is 4.61. The molecule has 0 spiro atoms. The Morgan fingerprint density at radius 1 is 1.24 bits per heavy atom. The summed E-state index contributed by atoms with van der Waals surface area (Å²) >= 11 is 6.23. The van der Waals surface area contributed by atoms with Gasteiger partial charge in [0.2, 0.25) is 0 Å². The summed E-state index contributed by atoms with van der Waals surface area (Å²) < 4.78 is 33.3. The van der Waals surface area contributed by atoms with E-state index >= 15 is 0 Å². The molecule has 0 amide bonds. The Bertz CT molecular complexity index is 1300. The van der Waals surface area contributed by atoms with Crippen molar-refractivity contribution in [3.63, 3.8) is 0 Å². The molecule has 33 heavy (non-hydrogen) atoms. The zero-order valence-electron chi connectivity index (χ0n) is 17.7. The Morgan fingerprint density at radius 3 is 2.55 bits per heavy atom. The molecule has 0 fully saturated rings. The minimum absolute atomic E-state index is 0.00464. The van der Waals surface area contributed by atoms with Gasteiger partial charge in [0.25, 0.3) is 10.0 Å². The number of ether oxygens (including phenoxy) is 1. The molecule has 3 aromatic rings. The Balaban J connectivity index is 2.05. The van der Waals surface area contributed by atoms with E-state index < -0.39 is 21.7 Å². The van der Waals surface area contributed by atoms with Crippen LogP contribution in [0.5, 0.6) is 5.75 Å². The summed E-state index contributed by atoms with van der Waals surface area (Å²) in [6, 6.07) is 17.1. The number of rotatable bonds is 9. The van der Waals surface area contributed by atoms with Crippen LogP contribution in [-0.2, 0) is 10.0 Å². The number of Topliss-reactive ketones (excluding diaryl/α,β-unsaturated/α-hetero) is 1. The second-order valence-corrected chi connectivity index (χ2v) is 9.11. The largest absolute Gasteiger partial charge is 0.497 e. The third kappa shape index (κ3) is 5.06. The van der Waals surface area contributed by atoms with E-state index in [1.807, 2.05) is 6.07 Å². The van der Waals surface area contributed by atoms with E-state index in [0.29, 0.717) is 11.4 Å². The number of anilines is 1. The van der Waals surface area contributed by atoms with E-state index in [4.69, 9.17) is 16.3 Å². The van der Waals surface area contributed by atoms with Gasteiger partial charge < -0.3 is 4.74 Å². The van der Waals surface area contributed by atoms with Gasteiger partial charge in [-0.25, -0.2) is 8.42 Å². The molecule has 0 aliphatic carbocycles. The van der Waals surface area contributed by atoms with E-state index in [1.165, 1.54) is 37.6 Å². The second kappa shape index (κ2) is 10.3. The molecule has 0 bridgehead atoms. The van der Waals surface area contributed by atoms with Gasteiger partial charge in [-0.2, -0.15) is 5.26 Å². The molecular formula is C24H20ClN3O4S. The summed E-state index contributed by atoms with van der Waals surface area (Å²) in [6.45, 7) is 3.64. The maximum Gasteiger partial charge on any atom is 0.264 e. The molecule has 0 saturated heterocycles. The van der Waals surface area contributed by atoms with Gasteiger partial charge in [0.1, 0.15) is 5.75 Å². The van der Waals surface area contributed by atoms with Gasteiger partial charge in [-0.3, -0.25) is 14.1 Å². The van der Waals surface area contributed by atoms with Crippen LogP contribution in [0.1, 0.15) is 22.0 Å². The summed E-state index contributed by atoms with van der Waals surface area (Å²) in [6.07, 6.45) is 2.92. The number of methoxy groups -OCH3 is 1. The molecule has 7 nitrogen and oxygen atoms in total. The number of hydrogen-bond donors (Lipinski definition) is 0. The first-order valence-corrected chi connectivity index (χ1v) is 11.6. The quantitative estimate of drug-likeness (QED) is 0.326. The van der Waals surface area contributed by atoms with Crippen molar-refractivity contribution in [3.05, 3.63) is 95.8 Å². The van der Waals surface area contributed by atoms with Crippen molar-refractivity contribution in [2.75, 3.05) is 18.0 Å². The van der Waals surface area contributed by atoms with Crippen molar-refractivity contribution in [2.45, 2.75) is 10.8 Å². The summed E-state index contributed by atoms with van der Waals surface area (Å²) in [5.41, 5.74) is 0.561. The van der Waals surface area contributed by atoms with Crippen molar-refractivity contribution < 1.29 is 17.9 Å². The lowest BCUT2D eigenvalue weighted by molar-refractivity contribution is 0.0977. The van der Waals surface area contributed by atoms with Gasteiger partial charge in [-0.1, -0.05) is 23.7 Å². The van der Waals surface area contributed by atoms with Crippen molar-refractivity contribution >= 4 is 33.1 Å². The monoisotopic (exact) mass is 481 g/mol. The molecule has 1 heterocycles. The standard InChI is InChI=1S/C24H20ClN3O4S/c1-3-14-28(17-7-9-18(32-2)10-8-17)33(30,31)19-11-12-22(25)20(15-19)24(29)21(16-26)23-6-4-5-13-27-23/h3-13,15,21H,1,14H2,2H3/t21-/m0/s1. The second-order valence-electron chi connectivity index (χ2n) is 6.85. The first-order valence-electron chi connectivity index (χ1n) is 9.75. The lowest BCUT2D eigenvalue weighted by atomic mass is 9.95. The van der Waals surface area contributed by atoms with E-state index in [-0.39, 0.29) is 27.7 Å². The number of hydrogen-bond acceptors (Lipinski definition) is 6. The van der Waals surface area contributed by atoms with Gasteiger partial charge >= 0.3 is 0 Å². The number of carbonyl (C=O) groups excluding carboxylic acids is 1. The SMILES string of the molecule is C=CCN(c1ccc(OC)cc1)S(=O)(=O)c1ccc(Cl)c(C(=O)[C@@H](C#N)c2ccccn2)c1. The molecule has 0 aliphatic rings. The number of nitriles is 1. The van der Waals surface area contributed by atoms with Crippen LogP contribution in [-0.4, -0.2) is 32.8 Å². The van der Waals surface area contributed by atoms with Crippen LogP contribution in [0.3, 0.4) is 0 Å². The van der Waals surface area contributed by atoms with Gasteiger partial charge in [0, 0.05) is 11.8 Å². The number of benzene rings is 2. The minimum Gasteiger partial charge on any atom is -0.497 e. The molecular weight excluding hydrogens is 462 g/mol. The summed E-state index contributed by atoms with van der Waals surface area (Å²) in [5, 5.41) is 9.62. The molecule has 0 saturated carbocycles. The number of ketones is 1. The fourth-order valence-electron chi connectivity index (χ4n) is 3.15. The van der Waals surface area contributed by atoms with Gasteiger partial charge in [-0.05, 0) is 54.6 Å². The predicted molar refractivity (Wildman–Crippen MR) is 126 cm³/mol. The molecule has 0 unspecified atom stereocenters. The Labute approximate surface area is 197 Å². The fraction of sp³-hybridized carbons (Fsp3) is 0.125. The molecule has 2 aromatic carbocycles. The third-order valence-corrected chi connectivity index (χ3v) is 6.94. The zero-order valence-corrected chi connectivity index (χ0v) is 19.3. The first-order chi connectivity index (χ1) is 15.8. The number of nitrogens with zero attached hydrogens (tertiary/aromatic N) is 3. The average molecular weight is 482 g/mol. The van der Waals surface area contributed by atoms with Gasteiger partial charge in [0.15, 0.2) is 11.7 Å². The summed E-state index contributed by atoms with van der Waals surface area (Å²) in [4.78, 5) is 17.0. The normalized spacial score (nSPS) is 11.8. The maximum atomic E-state index is 13.5. The molecule has 1 atom stereocenters. The molecule has 9 heteroatoms. The smallest absolute Gasteiger partial charge is 0.264 e. The Hall–Kier alpha value is -3.67. The fourth-order valence-corrected chi connectivity index (χ4v) is 4.82. The van der Waals surface area contributed by atoms with Crippen molar-refractivity contribution in [3.8, 4) is 11.8 Å². The summed E-state index contributed by atoms with van der Waals surface area (Å²) in [5.74, 6) is -1.29. The lowest BCUT2D eigenvalue weighted by Gasteiger charge is -2.24. The number of aromatic nitrogens is 1. The summed E-state index contributed by atoms with van der Waals surface area (Å²) in [7, 11) is -2.58. The highest BCUT2D eigenvalue weighted by molar-refractivity contribution is 7.92. The first kappa shape index (κ1) is 24.0. The third-order valence-electron chi connectivity index (χ3n) is 4.82. The van der Waals surface area contributed by atoms with Crippen LogP contribution in [0.25, 0.3) is 0 Å². The molecule has 0 radical (unpaired) electrons. The van der Waals surface area contributed by atoms with Gasteiger partial charge in [-0.15, -0.1) is 6.58 Å². The number of halogens is 1. The minimum atomic E-state index is -4.09. The van der Waals surface area contributed by atoms with E-state index in [2.05, 4.69) is 11.6 Å². The highest BCUT2D eigenvalue weighted by Gasteiger charge is 2.29. The van der Waals surface area contributed by atoms with Crippen molar-refractivity contribution in [1.82, 2.24) is 4.98 Å². The highest BCUT2D eigenvalue weighted by Crippen LogP contribution is 2.30. The van der Waals surface area contributed by atoms with Crippen LogP contribution in [0.4, 0.5) is 5.69 Å². The molecule has 0 aliphatic heterocycles. The van der Waals surface area contributed by atoms with Crippen LogP contribution in [0, 0.1) is 11.3 Å². The molecule has 168 valence electrons. The van der Waals surface area contributed by atoms with E-state index in [0.717, 1.165) is 4.31 Å². The zero-order chi connectivity index (χ0) is 24.0. The van der Waals surface area contributed by atoms with Gasteiger partial charge in [0.05, 0.1) is 41.0 Å². The van der Waals surface area contributed by atoms with Crippen LogP contribution >= 0.6 is 11.6 Å². The number of carbonyl (C=O) groups is 1. The highest BCUT2D eigenvalue weighted by atomic mass is 35.5. The Morgan fingerprint density at radius 2 is 1.97 bits per heavy atom. The maximum absolute atomic E-state index is 13.5. The number of sulfonamides is 1. The van der Waals surface area contributed by atoms with Crippen LogP contribution in [0.2, 0.25) is 5.02 Å². The Kier molecular flexibility index (Phi) is 7.48. The average Bonchev–Trinajstić information content (AvgIpc) is 2.83. The molecule has 3 rings (SSSR count). The molecule has 1 aromatic heterocycles. The van der Waals surface area contributed by atoms with Crippen LogP contribution < -0.4 is 9.04 Å². The van der Waals surface area contributed by atoms with Crippen molar-refractivity contribution in [2.24, 2.45) is 0 Å². The lowest BCUT2D eigenvalue weighted by Crippen LogP contribution is -2.31. The molecule has 0 N–H and O–H groups in total.